The van der Waals surface area contributed by atoms with Gasteiger partial charge in [-0.2, -0.15) is 0 Å². The highest BCUT2D eigenvalue weighted by molar-refractivity contribution is 5.83. The van der Waals surface area contributed by atoms with Crippen molar-refractivity contribution in [1.29, 1.82) is 0 Å². The van der Waals surface area contributed by atoms with Crippen molar-refractivity contribution in [1.82, 2.24) is 9.80 Å². The van der Waals surface area contributed by atoms with Crippen LogP contribution < -0.4 is 0 Å². The lowest BCUT2D eigenvalue weighted by Gasteiger charge is -2.39. The van der Waals surface area contributed by atoms with Gasteiger partial charge in [-0.1, -0.05) is 60.7 Å². The number of nitrogens with zero attached hydrogens (tertiary/aromatic N) is 2. The van der Waals surface area contributed by atoms with Gasteiger partial charge in [0, 0.05) is 13.1 Å². The molecule has 1 heterocycles. The van der Waals surface area contributed by atoms with Crippen LogP contribution >= 0.6 is 0 Å². The van der Waals surface area contributed by atoms with Crippen molar-refractivity contribution in [2.75, 3.05) is 19.6 Å². The van der Waals surface area contributed by atoms with Gasteiger partial charge in [0.2, 0.25) is 0 Å². The molecule has 0 aliphatic carbocycles. The first-order chi connectivity index (χ1) is 15.7. The van der Waals surface area contributed by atoms with Gasteiger partial charge in [0.05, 0.1) is 6.54 Å². The molecule has 176 valence electrons. The molecule has 0 aromatic heterocycles. The summed E-state index contributed by atoms with van der Waals surface area (Å²) in [6.45, 7) is 5.77. The standard InChI is InChI=1S/C25H30N2O6/c1-25(2,3)33-23(29)26-14-15-27(24(30)32-18-20-12-8-5-9-13-20)21(16-26)22(28)31-17-19-10-6-4-7-11-19/h4-13,21H,14-18H2,1-3H3. The van der Waals surface area contributed by atoms with E-state index in [1.807, 2.05) is 60.7 Å². The molecule has 33 heavy (non-hydrogen) atoms. The number of hydrogen-bond donors (Lipinski definition) is 0. The van der Waals surface area contributed by atoms with Crippen LogP contribution in [-0.2, 0) is 32.2 Å². The Balaban J connectivity index is 1.69. The Morgan fingerprint density at radius 2 is 1.36 bits per heavy atom. The molecule has 3 rings (SSSR count). The minimum absolute atomic E-state index is 0.0387. The summed E-state index contributed by atoms with van der Waals surface area (Å²) in [4.78, 5) is 41.1. The Kier molecular flexibility index (Phi) is 7.92. The normalized spacial score (nSPS) is 16.2. The van der Waals surface area contributed by atoms with Crippen LogP contribution in [0.15, 0.2) is 60.7 Å². The van der Waals surface area contributed by atoms with E-state index in [9.17, 15) is 14.4 Å². The van der Waals surface area contributed by atoms with Gasteiger partial charge in [-0.3, -0.25) is 4.90 Å². The monoisotopic (exact) mass is 454 g/mol. The van der Waals surface area contributed by atoms with E-state index in [0.717, 1.165) is 11.1 Å². The number of rotatable bonds is 5. The van der Waals surface area contributed by atoms with Crippen LogP contribution in [0.25, 0.3) is 0 Å². The van der Waals surface area contributed by atoms with E-state index in [4.69, 9.17) is 14.2 Å². The van der Waals surface area contributed by atoms with Crippen LogP contribution in [0.5, 0.6) is 0 Å². The number of ether oxygens (including phenoxy) is 3. The maximum Gasteiger partial charge on any atom is 0.410 e. The largest absolute Gasteiger partial charge is 0.459 e. The predicted molar refractivity (Wildman–Crippen MR) is 121 cm³/mol. The van der Waals surface area contributed by atoms with Crippen LogP contribution in [0, 0.1) is 0 Å². The summed E-state index contributed by atoms with van der Waals surface area (Å²) in [5.74, 6) is -0.608. The second kappa shape index (κ2) is 10.8. The molecule has 0 N–H and O–H groups in total. The smallest absolute Gasteiger partial charge is 0.410 e. The summed E-state index contributed by atoms with van der Waals surface area (Å²) in [7, 11) is 0. The Morgan fingerprint density at radius 3 is 1.91 bits per heavy atom. The molecule has 1 fully saturated rings. The summed E-state index contributed by atoms with van der Waals surface area (Å²) in [6.07, 6.45) is -1.18. The highest BCUT2D eigenvalue weighted by atomic mass is 16.6. The van der Waals surface area contributed by atoms with Crippen LogP contribution in [0.2, 0.25) is 0 Å². The van der Waals surface area contributed by atoms with E-state index in [-0.39, 0.29) is 32.8 Å². The van der Waals surface area contributed by atoms with Gasteiger partial charge in [0.25, 0.3) is 0 Å². The highest BCUT2D eigenvalue weighted by Gasteiger charge is 2.40. The van der Waals surface area contributed by atoms with Gasteiger partial charge >= 0.3 is 18.2 Å². The molecule has 1 atom stereocenters. The molecule has 1 aliphatic heterocycles. The fourth-order valence-corrected chi connectivity index (χ4v) is 3.32. The lowest BCUT2D eigenvalue weighted by atomic mass is 10.1. The molecule has 1 aliphatic rings. The summed E-state index contributed by atoms with van der Waals surface area (Å²) in [5.41, 5.74) is 0.983. The third-order valence-corrected chi connectivity index (χ3v) is 4.97. The average molecular weight is 455 g/mol. The Hall–Kier alpha value is -3.55. The number of hydrogen-bond acceptors (Lipinski definition) is 6. The van der Waals surface area contributed by atoms with Gasteiger partial charge in [0.1, 0.15) is 18.8 Å². The van der Waals surface area contributed by atoms with Crippen LogP contribution in [0.4, 0.5) is 9.59 Å². The quantitative estimate of drug-likeness (QED) is 0.502. The lowest BCUT2D eigenvalue weighted by molar-refractivity contribution is -0.153. The van der Waals surface area contributed by atoms with E-state index < -0.39 is 29.8 Å². The number of carbonyl (C=O) groups is 3. The molecule has 0 bridgehead atoms. The molecule has 8 heteroatoms. The number of benzene rings is 2. The Labute approximate surface area is 194 Å². The van der Waals surface area contributed by atoms with E-state index in [0.29, 0.717) is 0 Å². The zero-order valence-corrected chi connectivity index (χ0v) is 19.2. The van der Waals surface area contributed by atoms with Crippen molar-refractivity contribution < 1.29 is 28.6 Å². The second-order valence-corrected chi connectivity index (χ2v) is 8.77. The van der Waals surface area contributed by atoms with Gasteiger partial charge in [-0.05, 0) is 31.9 Å². The lowest BCUT2D eigenvalue weighted by Crippen LogP contribution is -2.60. The third kappa shape index (κ3) is 7.24. The number of esters is 1. The zero-order valence-electron chi connectivity index (χ0n) is 19.2. The molecular weight excluding hydrogens is 424 g/mol. The fourth-order valence-electron chi connectivity index (χ4n) is 3.32. The Bertz CT molecular complexity index is 942. The summed E-state index contributed by atoms with van der Waals surface area (Å²) in [6, 6.07) is 17.5. The molecule has 1 unspecified atom stereocenters. The van der Waals surface area contributed by atoms with Crippen molar-refractivity contribution in [3.63, 3.8) is 0 Å². The summed E-state index contributed by atoms with van der Waals surface area (Å²) < 4.78 is 16.3. The maximum atomic E-state index is 13.0. The first-order valence-corrected chi connectivity index (χ1v) is 10.9. The highest BCUT2D eigenvalue weighted by Crippen LogP contribution is 2.18. The van der Waals surface area contributed by atoms with Crippen LogP contribution in [0.3, 0.4) is 0 Å². The van der Waals surface area contributed by atoms with E-state index in [1.54, 1.807) is 20.8 Å². The molecule has 0 saturated carbocycles. The number of amides is 2. The number of carbonyl (C=O) groups excluding carboxylic acids is 3. The third-order valence-electron chi connectivity index (χ3n) is 4.97. The molecule has 0 spiro atoms. The average Bonchev–Trinajstić information content (AvgIpc) is 2.81. The molecule has 2 aromatic rings. The van der Waals surface area contributed by atoms with Crippen molar-refractivity contribution in [2.24, 2.45) is 0 Å². The van der Waals surface area contributed by atoms with E-state index >= 15 is 0 Å². The van der Waals surface area contributed by atoms with E-state index in [1.165, 1.54) is 9.80 Å². The van der Waals surface area contributed by atoms with Gasteiger partial charge in [-0.15, -0.1) is 0 Å². The molecule has 8 nitrogen and oxygen atoms in total. The Morgan fingerprint density at radius 1 is 0.818 bits per heavy atom. The van der Waals surface area contributed by atoms with Crippen molar-refractivity contribution in [3.05, 3.63) is 71.8 Å². The minimum Gasteiger partial charge on any atom is -0.459 e. The predicted octanol–water partition coefficient (Wildman–Crippen LogP) is 3.99. The minimum atomic E-state index is -1.00. The topological polar surface area (TPSA) is 85.4 Å². The molecule has 0 radical (unpaired) electrons. The summed E-state index contributed by atoms with van der Waals surface area (Å²) in [5, 5.41) is 0. The molecule has 2 aromatic carbocycles. The van der Waals surface area contributed by atoms with Crippen molar-refractivity contribution in [3.8, 4) is 0 Å². The summed E-state index contributed by atoms with van der Waals surface area (Å²) >= 11 is 0. The van der Waals surface area contributed by atoms with E-state index in [2.05, 4.69) is 0 Å². The van der Waals surface area contributed by atoms with Crippen molar-refractivity contribution >= 4 is 18.2 Å². The van der Waals surface area contributed by atoms with Gasteiger partial charge < -0.3 is 19.1 Å². The second-order valence-electron chi connectivity index (χ2n) is 8.77. The first-order valence-electron chi connectivity index (χ1n) is 10.9. The van der Waals surface area contributed by atoms with Gasteiger partial charge in [0.15, 0.2) is 6.04 Å². The van der Waals surface area contributed by atoms with Crippen LogP contribution in [-0.4, -0.2) is 59.2 Å². The zero-order chi connectivity index (χ0) is 23.8. The first kappa shape index (κ1) is 24.1. The SMILES string of the molecule is CC(C)(C)OC(=O)N1CCN(C(=O)OCc2ccccc2)C(C(=O)OCc2ccccc2)C1. The molecular formula is C25H30N2O6. The maximum absolute atomic E-state index is 13.0. The van der Waals surface area contributed by atoms with Gasteiger partial charge in [-0.25, -0.2) is 14.4 Å². The van der Waals surface area contributed by atoms with Crippen LogP contribution in [0.1, 0.15) is 31.9 Å². The molecule has 2 amide bonds. The van der Waals surface area contributed by atoms with Crippen molar-refractivity contribution in [2.45, 2.75) is 45.6 Å². The molecule has 1 saturated heterocycles. The number of piperazine rings is 1. The fraction of sp³-hybridized carbons (Fsp3) is 0.400.